The zero-order chi connectivity index (χ0) is 17.9. The molecule has 0 aliphatic heterocycles. The number of oxazole rings is 1. The number of alkyl halides is 3. The Labute approximate surface area is 138 Å². The van der Waals surface area contributed by atoms with E-state index in [4.69, 9.17) is 4.42 Å². The van der Waals surface area contributed by atoms with Gasteiger partial charge in [0.05, 0.1) is 17.4 Å². The molecule has 0 saturated carbocycles. The monoisotopic (exact) mass is 342 g/mol. The number of rotatable bonds is 6. The van der Waals surface area contributed by atoms with Crippen molar-refractivity contribution < 1.29 is 22.7 Å². The fourth-order valence-corrected chi connectivity index (χ4v) is 2.32. The molecule has 0 aliphatic carbocycles. The smallest absolute Gasteiger partial charge is 0.416 e. The number of aliphatic hydroxyl groups is 1. The fraction of sp³-hybridized carbons (Fsp3) is 0.471. The van der Waals surface area contributed by atoms with Gasteiger partial charge in [0, 0.05) is 24.7 Å². The maximum Gasteiger partial charge on any atom is 0.416 e. The molecule has 1 aromatic heterocycles. The summed E-state index contributed by atoms with van der Waals surface area (Å²) in [6, 6.07) is 4.91. The molecule has 1 aromatic carbocycles. The first-order chi connectivity index (χ1) is 11.2. The van der Waals surface area contributed by atoms with Gasteiger partial charge < -0.3 is 9.52 Å². The van der Waals surface area contributed by atoms with Gasteiger partial charge in [0.25, 0.3) is 0 Å². The Morgan fingerprint density at radius 2 is 1.79 bits per heavy atom. The number of hydrogen-bond acceptors (Lipinski definition) is 4. The summed E-state index contributed by atoms with van der Waals surface area (Å²) in [5.74, 6) is 0.277. The van der Waals surface area contributed by atoms with Gasteiger partial charge in [-0.3, -0.25) is 4.90 Å². The second-order valence-corrected chi connectivity index (χ2v) is 6.09. The SMILES string of the molecule is CC(O)CN(Cc1coc(-c2ccc(C(F)(F)F)cc2)n1)C(C)C. The molecule has 1 atom stereocenters. The quantitative estimate of drug-likeness (QED) is 0.863. The van der Waals surface area contributed by atoms with E-state index in [1.165, 1.54) is 18.4 Å². The van der Waals surface area contributed by atoms with E-state index in [0.717, 1.165) is 12.1 Å². The van der Waals surface area contributed by atoms with Crippen molar-refractivity contribution in [2.24, 2.45) is 0 Å². The van der Waals surface area contributed by atoms with E-state index in [1.807, 2.05) is 18.7 Å². The van der Waals surface area contributed by atoms with E-state index in [-0.39, 0.29) is 11.9 Å². The lowest BCUT2D eigenvalue weighted by Gasteiger charge is -2.26. The zero-order valence-electron chi connectivity index (χ0n) is 13.8. The van der Waals surface area contributed by atoms with Crippen LogP contribution in [0.5, 0.6) is 0 Å². The average Bonchev–Trinajstić information content (AvgIpc) is 2.94. The van der Waals surface area contributed by atoms with Gasteiger partial charge >= 0.3 is 6.18 Å². The molecule has 0 amide bonds. The second-order valence-electron chi connectivity index (χ2n) is 6.09. The van der Waals surface area contributed by atoms with Crippen LogP contribution in [0, 0.1) is 0 Å². The van der Waals surface area contributed by atoms with Crippen molar-refractivity contribution in [2.45, 2.75) is 45.6 Å². The van der Waals surface area contributed by atoms with Crippen LogP contribution in [0.1, 0.15) is 32.0 Å². The van der Waals surface area contributed by atoms with Crippen molar-refractivity contribution in [3.8, 4) is 11.5 Å². The molecule has 0 bridgehead atoms. The summed E-state index contributed by atoms with van der Waals surface area (Å²) in [4.78, 5) is 6.37. The predicted octanol–water partition coefficient (Wildman–Crippen LogP) is 3.95. The number of hydrogen-bond donors (Lipinski definition) is 1. The summed E-state index contributed by atoms with van der Waals surface area (Å²) in [6.07, 6.45) is -3.34. The van der Waals surface area contributed by atoms with Crippen molar-refractivity contribution in [3.63, 3.8) is 0 Å². The van der Waals surface area contributed by atoms with Crippen molar-refractivity contribution >= 4 is 0 Å². The van der Waals surface area contributed by atoms with Gasteiger partial charge in [0.2, 0.25) is 5.89 Å². The van der Waals surface area contributed by atoms with Gasteiger partial charge in [-0.15, -0.1) is 0 Å². The Morgan fingerprint density at radius 1 is 1.17 bits per heavy atom. The van der Waals surface area contributed by atoms with E-state index in [2.05, 4.69) is 4.98 Å². The fourth-order valence-electron chi connectivity index (χ4n) is 2.32. The molecular formula is C17H21F3N2O2. The van der Waals surface area contributed by atoms with Crippen LogP contribution in [-0.4, -0.2) is 33.7 Å². The molecule has 1 unspecified atom stereocenters. The van der Waals surface area contributed by atoms with Crippen LogP contribution in [-0.2, 0) is 12.7 Å². The van der Waals surface area contributed by atoms with E-state index < -0.39 is 17.8 Å². The molecular weight excluding hydrogens is 321 g/mol. The van der Waals surface area contributed by atoms with E-state index in [1.54, 1.807) is 6.92 Å². The molecule has 0 radical (unpaired) electrons. The number of aliphatic hydroxyl groups excluding tert-OH is 1. The second kappa shape index (κ2) is 7.36. The van der Waals surface area contributed by atoms with Crippen LogP contribution in [0.3, 0.4) is 0 Å². The molecule has 132 valence electrons. The first-order valence-corrected chi connectivity index (χ1v) is 7.71. The average molecular weight is 342 g/mol. The predicted molar refractivity (Wildman–Crippen MR) is 84.2 cm³/mol. The van der Waals surface area contributed by atoms with E-state index in [0.29, 0.717) is 24.3 Å². The minimum absolute atomic E-state index is 0.214. The minimum atomic E-state index is -4.36. The Hall–Kier alpha value is -1.86. The van der Waals surface area contributed by atoms with Crippen molar-refractivity contribution in [3.05, 3.63) is 41.8 Å². The molecule has 0 spiro atoms. The highest BCUT2D eigenvalue weighted by molar-refractivity contribution is 5.53. The topological polar surface area (TPSA) is 49.5 Å². The van der Waals surface area contributed by atoms with Gasteiger partial charge in [0.1, 0.15) is 6.26 Å². The molecule has 2 aromatic rings. The normalized spacial score (nSPS) is 13.7. The van der Waals surface area contributed by atoms with E-state index in [9.17, 15) is 18.3 Å². The highest BCUT2D eigenvalue weighted by atomic mass is 19.4. The van der Waals surface area contributed by atoms with Crippen molar-refractivity contribution in [1.29, 1.82) is 0 Å². The summed E-state index contributed by atoms with van der Waals surface area (Å²) in [6.45, 7) is 6.73. The molecule has 7 heteroatoms. The number of aromatic nitrogens is 1. The summed E-state index contributed by atoms with van der Waals surface area (Å²) in [5, 5.41) is 9.55. The maximum atomic E-state index is 12.6. The van der Waals surface area contributed by atoms with Gasteiger partial charge in [0.15, 0.2) is 0 Å². The largest absolute Gasteiger partial charge is 0.444 e. The lowest BCUT2D eigenvalue weighted by Crippen LogP contribution is -2.36. The highest BCUT2D eigenvalue weighted by Crippen LogP contribution is 2.30. The highest BCUT2D eigenvalue weighted by Gasteiger charge is 2.30. The Morgan fingerprint density at radius 3 is 2.29 bits per heavy atom. The van der Waals surface area contributed by atoms with Crippen molar-refractivity contribution in [2.75, 3.05) is 6.54 Å². The minimum Gasteiger partial charge on any atom is -0.444 e. The van der Waals surface area contributed by atoms with Crippen molar-refractivity contribution in [1.82, 2.24) is 9.88 Å². The number of nitrogens with zero attached hydrogens (tertiary/aromatic N) is 2. The van der Waals surface area contributed by atoms with Crippen LogP contribution in [0.25, 0.3) is 11.5 Å². The molecule has 1 N–H and O–H groups in total. The molecule has 0 fully saturated rings. The van der Waals surface area contributed by atoms with Gasteiger partial charge in [-0.05, 0) is 45.0 Å². The zero-order valence-corrected chi connectivity index (χ0v) is 13.8. The van der Waals surface area contributed by atoms with Crippen LogP contribution in [0.2, 0.25) is 0 Å². The number of halogens is 3. The molecule has 2 rings (SSSR count). The van der Waals surface area contributed by atoms with Gasteiger partial charge in [-0.1, -0.05) is 0 Å². The van der Waals surface area contributed by atoms with Gasteiger partial charge in [-0.25, -0.2) is 4.98 Å². The van der Waals surface area contributed by atoms with Crippen LogP contribution >= 0.6 is 0 Å². The molecule has 24 heavy (non-hydrogen) atoms. The number of benzene rings is 1. The van der Waals surface area contributed by atoms with Crippen LogP contribution in [0.15, 0.2) is 34.9 Å². The Bertz CT molecular complexity index is 649. The van der Waals surface area contributed by atoms with E-state index >= 15 is 0 Å². The molecule has 0 saturated heterocycles. The lowest BCUT2D eigenvalue weighted by molar-refractivity contribution is -0.137. The first-order valence-electron chi connectivity index (χ1n) is 7.71. The molecule has 4 nitrogen and oxygen atoms in total. The third kappa shape index (κ3) is 4.82. The first kappa shape index (κ1) is 18.5. The summed E-state index contributed by atoms with van der Waals surface area (Å²) >= 11 is 0. The molecule has 1 heterocycles. The summed E-state index contributed by atoms with van der Waals surface area (Å²) < 4.78 is 43.1. The summed E-state index contributed by atoms with van der Waals surface area (Å²) in [5.41, 5.74) is 0.445. The molecule has 0 aliphatic rings. The Kier molecular flexibility index (Phi) is 5.66. The maximum absolute atomic E-state index is 12.6. The third-order valence-corrected chi connectivity index (χ3v) is 3.61. The van der Waals surface area contributed by atoms with Crippen LogP contribution in [0.4, 0.5) is 13.2 Å². The Balaban J connectivity index is 2.12. The van der Waals surface area contributed by atoms with Gasteiger partial charge in [-0.2, -0.15) is 13.2 Å². The summed E-state index contributed by atoms with van der Waals surface area (Å²) in [7, 11) is 0. The lowest BCUT2D eigenvalue weighted by atomic mass is 10.1. The van der Waals surface area contributed by atoms with Crippen LogP contribution < -0.4 is 0 Å². The third-order valence-electron chi connectivity index (χ3n) is 3.61. The standard InChI is InChI=1S/C17H21F3N2O2/c1-11(2)22(8-12(3)23)9-15-10-24-16(21-15)13-4-6-14(7-5-13)17(18,19)20/h4-7,10-12,23H,8-9H2,1-3H3.